The smallest absolute Gasteiger partial charge is 0.255 e. The zero-order valence-electron chi connectivity index (χ0n) is 16.8. The lowest BCUT2D eigenvalue weighted by molar-refractivity contribution is 0.102. The number of aromatic nitrogens is 4. The van der Waals surface area contributed by atoms with Crippen molar-refractivity contribution in [1.82, 2.24) is 20.2 Å². The number of anilines is 1. The Labute approximate surface area is 173 Å². The molecule has 1 aliphatic rings. The van der Waals surface area contributed by atoms with E-state index in [0.717, 1.165) is 25.7 Å². The third-order valence-corrected chi connectivity index (χ3v) is 5.09. The molecular formula is C21H22FN5O3. The number of halogens is 1. The van der Waals surface area contributed by atoms with E-state index < -0.39 is 11.7 Å². The van der Waals surface area contributed by atoms with E-state index in [1.165, 1.54) is 30.0 Å². The van der Waals surface area contributed by atoms with Crippen LogP contribution in [0.3, 0.4) is 0 Å². The second-order valence-corrected chi connectivity index (χ2v) is 7.15. The summed E-state index contributed by atoms with van der Waals surface area (Å²) in [5.74, 6) is 0.578. The number of carbonyl (C=O) groups is 1. The molecule has 0 radical (unpaired) electrons. The van der Waals surface area contributed by atoms with Crippen molar-refractivity contribution in [2.45, 2.75) is 38.7 Å². The van der Waals surface area contributed by atoms with Crippen LogP contribution in [0.2, 0.25) is 0 Å². The summed E-state index contributed by atoms with van der Waals surface area (Å²) in [6.45, 7) is 1.73. The Morgan fingerprint density at radius 1 is 1.17 bits per heavy atom. The van der Waals surface area contributed by atoms with Crippen molar-refractivity contribution in [3.63, 3.8) is 0 Å². The van der Waals surface area contributed by atoms with Gasteiger partial charge in [-0.2, -0.15) is 4.68 Å². The zero-order valence-corrected chi connectivity index (χ0v) is 16.8. The minimum atomic E-state index is -0.564. The lowest BCUT2D eigenvalue weighted by Crippen LogP contribution is -2.15. The van der Waals surface area contributed by atoms with E-state index in [-0.39, 0.29) is 11.8 Å². The van der Waals surface area contributed by atoms with Gasteiger partial charge in [0.2, 0.25) is 0 Å². The monoisotopic (exact) mass is 411 g/mol. The van der Waals surface area contributed by atoms with Crippen molar-refractivity contribution in [2.75, 3.05) is 12.4 Å². The minimum absolute atomic E-state index is 0.0256. The van der Waals surface area contributed by atoms with Gasteiger partial charge in [0, 0.05) is 5.56 Å². The third kappa shape index (κ3) is 4.10. The number of benzene rings is 2. The van der Waals surface area contributed by atoms with Gasteiger partial charge in [-0.1, -0.05) is 0 Å². The van der Waals surface area contributed by atoms with Crippen LogP contribution in [0.4, 0.5) is 10.1 Å². The van der Waals surface area contributed by atoms with E-state index in [1.807, 2.05) is 0 Å². The average molecular weight is 411 g/mol. The number of tetrazole rings is 1. The van der Waals surface area contributed by atoms with Gasteiger partial charge in [0.15, 0.2) is 17.3 Å². The lowest BCUT2D eigenvalue weighted by atomic mass is 10.1. The summed E-state index contributed by atoms with van der Waals surface area (Å²) in [5, 5.41) is 13.8. The van der Waals surface area contributed by atoms with E-state index in [4.69, 9.17) is 9.47 Å². The summed E-state index contributed by atoms with van der Waals surface area (Å²) >= 11 is 0. The number of carbonyl (C=O) groups excluding carboxylic acids is 1. The topological polar surface area (TPSA) is 91.2 Å². The van der Waals surface area contributed by atoms with Gasteiger partial charge < -0.3 is 14.8 Å². The molecule has 0 aliphatic heterocycles. The normalized spacial score (nSPS) is 14.0. The minimum Gasteiger partial charge on any atom is -0.493 e. The molecule has 1 aromatic heterocycles. The van der Waals surface area contributed by atoms with Gasteiger partial charge in [-0.3, -0.25) is 4.79 Å². The molecule has 8 nitrogen and oxygen atoms in total. The molecule has 1 heterocycles. The molecular weight excluding hydrogens is 389 g/mol. The van der Waals surface area contributed by atoms with Gasteiger partial charge in [-0.05, 0) is 79.4 Å². The first-order chi connectivity index (χ1) is 14.5. The molecule has 156 valence electrons. The van der Waals surface area contributed by atoms with Crippen molar-refractivity contribution in [2.24, 2.45) is 0 Å². The third-order valence-electron chi connectivity index (χ3n) is 5.09. The van der Waals surface area contributed by atoms with Gasteiger partial charge >= 0.3 is 0 Å². The number of aryl methyl sites for hydroxylation is 1. The van der Waals surface area contributed by atoms with Gasteiger partial charge in [0.1, 0.15) is 5.82 Å². The van der Waals surface area contributed by atoms with Crippen LogP contribution in [0.25, 0.3) is 5.69 Å². The Bertz CT molecular complexity index is 1060. The van der Waals surface area contributed by atoms with Gasteiger partial charge in [-0.25, -0.2) is 4.39 Å². The number of methoxy groups -OCH3 is 1. The first-order valence-electron chi connectivity index (χ1n) is 9.76. The van der Waals surface area contributed by atoms with Crippen LogP contribution in [0.5, 0.6) is 11.5 Å². The first-order valence-corrected chi connectivity index (χ1v) is 9.76. The van der Waals surface area contributed by atoms with Crippen molar-refractivity contribution in [3.05, 3.63) is 53.6 Å². The maximum atomic E-state index is 14.3. The van der Waals surface area contributed by atoms with Crippen molar-refractivity contribution < 1.29 is 18.7 Å². The van der Waals surface area contributed by atoms with Crippen LogP contribution >= 0.6 is 0 Å². The van der Waals surface area contributed by atoms with Crippen LogP contribution in [-0.2, 0) is 0 Å². The molecule has 9 heteroatoms. The highest BCUT2D eigenvalue weighted by Crippen LogP contribution is 2.32. The Morgan fingerprint density at radius 2 is 1.97 bits per heavy atom. The largest absolute Gasteiger partial charge is 0.493 e. The average Bonchev–Trinajstić information content (AvgIpc) is 3.41. The standard InChI is InChI=1S/C21H22FN5O3/c1-13-24-25-26-27(13)15-8-9-17(22)18(12-15)23-21(28)14-7-10-19(20(11-14)29-2)30-16-5-3-4-6-16/h7-12,16H,3-6H2,1-2H3,(H,23,28). The van der Waals surface area contributed by atoms with Crippen molar-refractivity contribution in [1.29, 1.82) is 0 Å². The fourth-order valence-corrected chi connectivity index (χ4v) is 3.50. The molecule has 0 saturated heterocycles. The Kier molecular flexibility index (Phi) is 5.60. The molecule has 1 N–H and O–H groups in total. The molecule has 1 amide bonds. The van der Waals surface area contributed by atoms with Gasteiger partial charge in [0.25, 0.3) is 5.91 Å². The molecule has 0 unspecified atom stereocenters. The molecule has 0 atom stereocenters. The molecule has 2 aromatic carbocycles. The van der Waals surface area contributed by atoms with Crippen LogP contribution in [-0.4, -0.2) is 39.3 Å². The van der Waals surface area contributed by atoms with Crippen LogP contribution < -0.4 is 14.8 Å². The van der Waals surface area contributed by atoms with E-state index in [0.29, 0.717) is 28.6 Å². The number of hydrogen-bond acceptors (Lipinski definition) is 6. The summed E-state index contributed by atoms with van der Waals surface area (Å²) in [6, 6.07) is 9.20. The molecule has 1 fully saturated rings. The summed E-state index contributed by atoms with van der Waals surface area (Å²) in [7, 11) is 1.52. The van der Waals surface area contributed by atoms with Crippen molar-refractivity contribution in [3.8, 4) is 17.2 Å². The fraction of sp³-hybridized carbons (Fsp3) is 0.333. The molecule has 0 bridgehead atoms. The number of amides is 1. The molecule has 1 saturated carbocycles. The van der Waals surface area contributed by atoms with E-state index in [1.54, 1.807) is 25.1 Å². The quantitative estimate of drug-likeness (QED) is 0.665. The molecule has 1 aliphatic carbocycles. The van der Waals surface area contributed by atoms with E-state index in [2.05, 4.69) is 20.8 Å². The van der Waals surface area contributed by atoms with E-state index in [9.17, 15) is 9.18 Å². The summed E-state index contributed by atoms with van der Waals surface area (Å²) in [5.41, 5.74) is 0.888. The highest BCUT2D eigenvalue weighted by atomic mass is 19.1. The van der Waals surface area contributed by atoms with Crippen LogP contribution in [0.1, 0.15) is 41.9 Å². The molecule has 30 heavy (non-hydrogen) atoms. The van der Waals surface area contributed by atoms with Crippen LogP contribution in [0, 0.1) is 12.7 Å². The predicted molar refractivity (Wildman–Crippen MR) is 108 cm³/mol. The second kappa shape index (κ2) is 8.48. The van der Waals surface area contributed by atoms with Gasteiger partial charge in [-0.15, -0.1) is 5.10 Å². The van der Waals surface area contributed by atoms with E-state index >= 15 is 0 Å². The highest BCUT2D eigenvalue weighted by molar-refractivity contribution is 6.04. The molecule has 3 aromatic rings. The first kappa shape index (κ1) is 19.8. The number of nitrogens with zero attached hydrogens (tertiary/aromatic N) is 4. The van der Waals surface area contributed by atoms with Crippen molar-refractivity contribution >= 4 is 11.6 Å². The number of hydrogen-bond donors (Lipinski definition) is 1. The Balaban J connectivity index is 1.54. The van der Waals surface area contributed by atoms with Gasteiger partial charge in [0.05, 0.1) is 24.6 Å². The summed E-state index contributed by atoms with van der Waals surface area (Å²) in [6.07, 6.45) is 4.51. The summed E-state index contributed by atoms with van der Waals surface area (Å²) in [4.78, 5) is 12.7. The number of ether oxygens (including phenoxy) is 2. The Morgan fingerprint density at radius 3 is 2.67 bits per heavy atom. The maximum absolute atomic E-state index is 14.3. The molecule has 4 rings (SSSR count). The predicted octanol–water partition coefficient (Wildman–Crippen LogP) is 3.69. The SMILES string of the molecule is COc1cc(C(=O)Nc2cc(-n3nnnc3C)ccc2F)ccc1OC1CCCC1. The fourth-order valence-electron chi connectivity index (χ4n) is 3.50. The molecule has 0 spiro atoms. The maximum Gasteiger partial charge on any atom is 0.255 e. The zero-order chi connectivity index (χ0) is 21.1. The highest BCUT2D eigenvalue weighted by Gasteiger charge is 2.20. The van der Waals surface area contributed by atoms with Crippen LogP contribution in [0.15, 0.2) is 36.4 Å². The number of nitrogens with one attached hydrogen (secondary N) is 1. The Hall–Kier alpha value is -3.49. The number of rotatable bonds is 6. The second-order valence-electron chi connectivity index (χ2n) is 7.15. The lowest BCUT2D eigenvalue weighted by Gasteiger charge is -2.16. The summed E-state index contributed by atoms with van der Waals surface area (Å²) < 4.78 is 27.2.